The second-order valence-corrected chi connectivity index (χ2v) is 11.5. The van der Waals surface area contributed by atoms with Crippen LogP contribution in [0.15, 0.2) is 72.8 Å². The molecule has 2 N–H and O–H groups in total. The maximum atomic E-state index is 6.64. The molecular formula is C36H47N5O5. The van der Waals surface area contributed by atoms with Crippen LogP contribution in [0.1, 0.15) is 34.6 Å². The second kappa shape index (κ2) is 16.8. The van der Waals surface area contributed by atoms with Crippen molar-refractivity contribution in [1.82, 2.24) is 14.9 Å². The van der Waals surface area contributed by atoms with Crippen molar-refractivity contribution in [2.75, 3.05) is 52.1 Å². The smallest absolute Gasteiger partial charge is 0.149 e. The molecule has 0 unspecified atom stereocenters. The van der Waals surface area contributed by atoms with Gasteiger partial charge in [-0.1, -0.05) is 12.1 Å². The number of benzene rings is 2. The Morgan fingerprint density at radius 3 is 1.63 bits per heavy atom. The van der Waals surface area contributed by atoms with Gasteiger partial charge in [0.2, 0.25) is 0 Å². The Bertz CT molecular complexity index is 1550. The van der Waals surface area contributed by atoms with E-state index in [0.29, 0.717) is 66.7 Å². The van der Waals surface area contributed by atoms with Crippen molar-refractivity contribution >= 4 is 11.6 Å². The van der Waals surface area contributed by atoms with E-state index >= 15 is 0 Å². The van der Waals surface area contributed by atoms with E-state index in [1.807, 2.05) is 122 Å². The first-order valence-electron chi connectivity index (χ1n) is 15.7. The summed E-state index contributed by atoms with van der Waals surface area (Å²) >= 11 is 0. The van der Waals surface area contributed by atoms with Gasteiger partial charge in [-0.05, 0) is 97.2 Å². The summed E-state index contributed by atoms with van der Waals surface area (Å²) in [4.78, 5) is 11.9. The molecule has 46 heavy (non-hydrogen) atoms. The van der Waals surface area contributed by atoms with E-state index in [1.165, 1.54) is 5.01 Å². The topological polar surface area (TPSA) is 104 Å². The van der Waals surface area contributed by atoms with Gasteiger partial charge in [-0.25, -0.2) is 20.8 Å². The van der Waals surface area contributed by atoms with Crippen LogP contribution in [0.2, 0.25) is 0 Å². The van der Waals surface area contributed by atoms with Crippen LogP contribution in [0.25, 0.3) is 22.5 Å². The molecule has 0 aliphatic rings. The number of aromatic nitrogens is 2. The van der Waals surface area contributed by atoms with Crippen LogP contribution in [-0.2, 0) is 4.74 Å². The van der Waals surface area contributed by atoms with Crippen molar-refractivity contribution in [2.24, 2.45) is 5.84 Å². The number of nitrogens with two attached hydrogens (primary N) is 1. The third-order valence-corrected chi connectivity index (χ3v) is 6.65. The average molecular weight is 630 g/mol. The van der Waals surface area contributed by atoms with Crippen LogP contribution >= 0.6 is 0 Å². The van der Waals surface area contributed by atoms with Gasteiger partial charge in [0.05, 0.1) is 30.2 Å². The quantitative estimate of drug-likeness (QED) is 0.0766. The number of nitrogens with zero attached hydrogens (tertiary/aromatic N) is 4. The molecule has 4 aromatic rings. The molecule has 0 bridgehead atoms. The van der Waals surface area contributed by atoms with Crippen molar-refractivity contribution < 1.29 is 23.7 Å². The van der Waals surface area contributed by atoms with Gasteiger partial charge in [-0.2, -0.15) is 0 Å². The Morgan fingerprint density at radius 1 is 0.674 bits per heavy atom. The van der Waals surface area contributed by atoms with E-state index in [4.69, 9.17) is 39.5 Å². The van der Waals surface area contributed by atoms with Crippen LogP contribution < -0.4 is 29.8 Å². The molecule has 10 nitrogen and oxygen atoms in total. The van der Waals surface area contributed by atoms with Crippen molar-refractivity contribution in [3.05, 3.63) is 72.8 Å². The molecule has 0 saturated heterocycles. The van der Waals surface area contributed by atoms with Gasteiger partial charge >= 0.3 is 0 Å². The first-order valence-corrected chi connectivity index (χ1v) is 15.7. The van der Waals surface area contributed by atoms with E-state index in [9.17, 15) is 0 Å². The minimum absolute atomic E-state index is 0.0304. The summed E-state index contributed by atoms with van der Waals surface area (Å²) in [5.74, 6) is 10.5. The minimum Gasteiger partial charge on any atom is -0.492 e. The number of hydrogen-bond donors (Lipinski definition) is 1. The van der Waals surface area contributed by atoms with Crippen LogP contribution in [-0.4, -0.2) is 74.1 Å². The molecule has 0 atom stereocenters. The summed E-state index contributed by atoms with van der Waals surface area (Å²) in [6.45, 7) is 12.9. The van der Waals surface area contributed by atoms with Crippen LogP contribution in [0.3, 0.4) is 0 Å². The van der Waals surface area contributed by atoms with Gasteiger partial charge in [-0.3, -0.25) is 0 Å². The molecule has 0 spiro atoms. The number of anilines is 2. The normalized spacial score (nSPS) is 11.3. The Kier molecular flexibility index (Phi) is 12.6. The molecule has 246 valence electrons. The first kappa shape index (κ1) is 34.5. The number of rotatable bonds is 17. The molecule has 0 saturated carbocycles. The zero-order chi connectivity index (χ0) is 33.1. The van der Waals surface area contributed by atoms with Crippen molar-refractivity contribution in [1.29, 1.82) is 0 Å². The summed E-state index contributed by atoms with van der Waals surface area (Å²) < 4.78 is 29.6. The van der Waals surface area contributed by atoms with E-state index in [-0.39, 0.29) is 12.2 Å². The minimum atomic E-state index is -0.0400. The Hall–Kier alpha value is -4.38. The molecule has 10 heteroatoms. The lowest BCUT2D eigenvalue weighted by atomic mass is 10.1. The summed E-state index contributed by atoms with van der Waals surface area (Å²) in [7, 11) is 4.03. The largest absolute Gasteiger partial charge is 0.492 e. The lowest BCUT2D eigenvalue weighted by Crippen LogP contribution is -2.27. The zero-order valence-corrected chi connectivity index (χ0v) is 28.0. The molecule has 2 heterocycles. The van der Waals surface area contributed by atoms with Gasteiger partial charge in [0.15, 0.2) is 0 Å². The average Bonchev–Trinajstić information content (AvgIpc) is 3.02. The number of likely N-dealkylation sites (N-methyl/N-ethyl adjacent to an activating group) is 1. The molecular weight excluding hydrogens is 582 g/mol. The van der Waals surface area contributed by atoms with Gasteiger partial charge in [0.25, 0.3) is 0 Å². The Labute approximate surface area is 273 Å². The predicted octanol–water partition coefficient (Wildman–Crippen LogP) is 6.75. The molecule has 2 aromatic heterocycles. The summed E-state index contributed by atoms with van der Waals surface area (Å²) in [6, 6.07) is 22.9. The highest BCUT2D eigenvalue weighted by Gasteiger charge is 2.17. The predicted molar refractivity (Wildman–Crippen MR) is 183 cm³/mol. The highest BCUT2D eigenvalue weighted by atomic mass is 16.5. The van der Waals surface area contributed by atoms with E-state index in [0.717, 1.165) is 23.4 Å². The molecule has 0 fully saturated rings. The van der Waals surface area contributed by atoms with Crippen molar-refractivity contribution in [3.8, 4) is 45.5 Å². The molecule has 2 aromatic carbocycles. The number of hydrazine groups is 1. The third-order valence-electron chi connectivity index (χ3n) is 6.65. The van der Waals surface area contributed by atoms with Crippen LogP contribution in [0.5, 0.6) is 23.0 Å². The standard InChI is InChI=1S/C36H47N5O5/c1-8-42-21-22-44-28-16-18-30(34(24-28)46-26(4)5)32-12-10-14-36(39-32)41(37)35-13-9-11-31(38-35)29-17-15-27(43-20-19-40(6)7)23-33(29)45-25(2)3/h9-18,23-26H,8,19-22,37H2,1-7H3. The molecule has 0 radical (unpaired) electrons. The second-order valence-electron chi connectivity index (χ2n) is 11.5. The third kappa shape index (κ3) is 9.81. The first-order chi connectivity index (χ1) is 22.1. The van der Waals surface area contributed by atoms with E-state index in [1.54, 1.807) is 0 Å². The number of ether oxygens (including phenoxy) is 5. The Balaban J connectivity index is 1.60. The van der Waals surface area contributed by atoms with Crippen molar-refractivity contribution in [3.63, 3.8) is 0 Å². The monoisotopic (exact) mass is 629 g/mol. The lowest BCUT2D eigenvalue weighted by Gasteiger charge is -2.20. The van der Waals surface area contributed by atoms with E-state index < -0.39 is 0 Å². The lowest BCUT2D eigenvalue weighted by molar-refractivity contribution is 0.110. The fraction of sp³-hybridized carbons (Fsp3) is 0.389. The number of hydrogen-bond acceptors (Lipinski definition) is 10. The maximum Gasteiger partial charge on any atom is 0.149 e. The number of pyridine rings is 2. The molecule has 0 aliphatic carbocycles. The van der Waals surface area contributed by atoms with Gasteiger partial charge < -0.3 is 28.6 Å². The van der Waals surface area contributed by atoms with Crippen LogP contribution in [0.4, 0.5) is 11.6 Å². The SMILES string of the molecule is CCOCCOc1ccc(-c2cccc(N(N)c3cccc(-c4ccc(OCCN(C)C)cc4OC(C)C)n3)n2)c(OC(C)C)c1. The fourth-order valence-electron chi connectivity index (χ4n) is 4.55. The summed E-state index contributed by atoms with van der Waals surface area (Å²) in [6.07, 6.45) is -0.0704. The molecule has 0 aliphatic heterocycles. The van der Waals surface area contributed by atoms with Crippen LogP contribution in [0, 0.1) is 0 Å². The molecule has 4 rings (SSSR count). The van der Waals surface area contributed by atoms with Gasteiger partial charge in [0, 0.05) is 36.4 Å². The summed E-state index contributed by atoms with van der Waals surface area (Å²) in [5.41, 5.74) is 3.08. The Morgan fingerprint density at radius 2 is 1.17 bits per heavy atom. The van der Waals surface area contributed by atoms with E-state index in [2.05, 4.69) is 4.90 Å². The highest BCUT2D eigenvalue weighted by Crippen LogP contribution is 2.36. The van der Waals surface area contributed by atoms with Gasteiger partial charge in [-0.15, -0.1) is 0 Å². The maximum absolute atomic E-state index is 6.64. The van der Waals surface area contributed by atoms with Crippen molar-refractivity contribution in [2.45, 2.75) is 46.8 Å². The summed E-state index contributed by atoms with van der Waals surface area (Å²) in [5, 5.41) is 1.48. The fourth-order valence-corrected chi connectivity index (χ4v) is 4.55. The highest BCUT2D eigenvalue weighted by molar-refractivity contribution is 5.72. The zero-order valence-electron chi connectivity index (χ0n) is 28.0. The van der Waals surface area contributed by atoms with Gasteiger partial charge in [0.1, 0.15) is 47.8 Å². The molecule has 0 amide bonds.